The summed E-state index contributed by atoms with van der Waals surface area (Å²) in [5.74, 6) is 2.79. The van der Waals surface area contributed by atoms with Gasteiger partial charge >= 0.3 is 0 Å². The molecule has 4 aromatic rings. The highest BCUT2D eigenvalue weighted by Crippen LogP contribution is 2.50. The fraction of sp³-hybridized carbons (Fsp3) is 0.424. The molecule has 1 aromatic heterocycles. The van der Waals surface area contributed by atoms with Gasteiger partial charge < -0.3 is 4.74 Å². The molecular formula is C33H40NOSi+. The third-order valence-corrected chi connectivity index (χ3v) is 10.9. The fourth-order valence-electron chi connectivity index (χ4n) is 6.82. The molecule has 3 heteroatoms. The van der Waals surface area contributed by atoms with Crippen molar-refractivity contribution in [1.82, 2.24) is 0 Å². The number of fused-ring (bicyclic) bond motifs is 3. The van der Waals surface area contributed by atoms with E-state index >= 15 is 0 Å². The first-order chi connectivity index (χ1) is 16.9. The molecule has 1 aliphatic carbocycles. The normalized spacial score (nSPS) is 17.3. The number of aryl methyl sites for hydroxylation is 3. The van der Waals surface area contributed by atoms with Crippen LogP contribution in [0.25, 0.3) is 32.8 Å². The molecule has 0 bridgehead atoms. The van der Waals surface area contributed by atoms with Crippen molar-refractivity contribution in [2.75, 3.05) is 0 Å². The van der Waals surface area contributed by atoms with Gasteiger partial charge in [0.2, 0.25) is 5.69 Å². The summed E-state index contributed by atoms with van der Waals surface area (Å²) in [6, 6.07) is 14.1. The summed E-state index contributed by atoms with van der Waals surface area (Å²) in [6.07, 6.45) is 7.39. The summed E-state index contributed by atoms with van der Waals surface area (Å²) in [7, 11) is 0.458. The van der Waals surface area contributed by atoms with Crippen LogP contribution in [0, 0.1) is 19.3 Å². The lowest BCUT2D eigenvalue weighted by atomic mass is 9.71. The number of aromatic nitrogens is 1. The number of hydrogen-bond acceptors (Lipinski definition) is 1. The Morgan fingerprint density at radius 2 is 1.67 bits per heavy atom. The molecule has 0 radical (unpaired) electrons. The highest BCUT2D eigenvalue weighted by molar-refractivity contribution is 6.91. The Balaban J connectivity index is 1.65. The maximum absolute atomic E-state index is 7.08. The number of ether oxygens (including phenoxy) is 1. The van der Waals surface area contributed by atoms with Crippen LogP contribution in [-0.4, -0.2) is 8.07 Å². The lowest BCUT2D eigenvalue weighted by Gasteiger charge is -2.35. The van der Waals surface area contributed by atoms with E-state index in [0.29, 0.717) is 11.3 Å². The first-order valence-electron chi connectivity index (χ1n) is 13.7. The van der Waals surface area contributed by atoms with Crippen molar-refractivity contribution in [2.45, 2.75) is 78.9 Å². The van der Waals surface area contributed by atoms with Gasteiger partial charge in [0.1, 0.15) is 18.5 Å². The molecule has 0 atom stereocenters. The molecule has 2 nitrogen and oxygen atoms in total. The van der Waals surface area contributed by atoms with Gasteiger partial charge in [0.05, 0.1) is 19.0 Å². The zero-order chi connectivity index (χ0) is 25.6. The molecule has 0 amide bonds. The fourth-order valence-corrected chi connectivity index (χ4v) is 8.70. The van der Waals surface area contributed by atoms with Gasteiger partial charge in [-0.15, -0.1) is 0 Å². The Bertz CT molecular complexity index is 1550. The van der Waals surface area contributed by atoms with E-state index < -0.39 is 8.07 Å². The maximum Gasteiger partial charge on any atom is 0.228 e. The molecule has 0 N–H and O–H groups in total. The van der Waals surface area contributed by atoms with Crippen molar-refractivity contribution in [1.29, 1.82) is 0 Å². The van der Waals surface area contributed by atoms with Crippen molar-refractivity contribution < 1.29 is 9.30 Å². The molecule has 0 unspecified atom stereocenters. The number of rotatable bonds is 2. The second kappa shape index (κ2) is 7.92. The second-order valence-electron chi connectivity index (χ2n) is 13.3. The van der Waals surface area contributed by atoms with E-state index in [1.807, 2.05) is 0 Å². The van der Waals surface area contributed by atoms with Gasteiger partial charge in [-0.3, -0.25) is 0 Å². The van der Waals surface area contributed by atoms with Crippen LogP contribution in [0.1, 0.15) is 62.1 Å². The van der Waals surface area contributed by atoms with E-state index in [2.05, 4.69) is 102 Å². The van der Waals surface area contributed by atoms with E-state index in [1.54, 1.807) is 0 Å². The minimum atomic E-state index is -1.74. The summed E-state index contributed by atoms with van der Waals surface area (Å²) < 4.78 is 9.39. The predicted octanol–water partition coefficient (Wildman–Crippen LogP) is 8.44. The van der Waals surface area contributed by atoms with E-state index in [1.165, 1.54) is 80.4 Å². The standard InChI is InChI=1S/C33H40NOSi/c1-20-9-10-25-26(17-20)21(2)28-30-29-23(13-16-34(30)5)18-24(22-11-14-33(3,4)15-12-22)19-27(29)35-31(28)32(25)36(6,7)8/h9-10,13,16-19,22H,11-12,14-15H2,1-8H3/q+1. The largest absolute Gasteiger partial charge is 0.456 e. The predicted molar refractivity (Wildman–Crippen MR) is 156 cm³/mol. The molecule has 36 heavy (non-hydrogen) atoms. The van der Waals surface area contributed by atoms with Crippen LogP contribution < -0.4 is 14.5 Å². The van der Waals surface area contributed by atoms with Crippen LogP contribution in [0.15, 0.2) is 42.6 Å². The van der Waals surface area contributed by atoms with Crippen LogP contribution in [0.4, 0.5) is 0 Å². The van der Waals surface area contributed by atoms with Gasteiger partial charge in [-0.05, 0) is 89.4 Å². The molecule has 2 aliphatic rings. The average Bonchev–Trinajstić information content (AvgIpc) is 2.80. The smallest absolute Gasteiger partial charge is 0.228 e. The van der Waals surface area contributed by atoms with E-state index in [9.17, 15) is 0 Å². The highest BCUT2D eigenvalue weighted by atomic mass is 28.3. The highest BCUT2D eigenvalue weighted by Gasteiger charge is 2.37. The molecule has 0 spiro atoms. The zero-order valence-corrected chi connectivity index (χ0v) is 24.3. The van der Waals surface area contributed by atoms with Crippen LogP contribution in [0.5, 0.6) is 11.5 Å². The molecule has 2 heterocycles. The number of pyridine rings is 1. The van der Waals surface area contributed by atoms with Crippen LogP contribution in [0.3, 0.4) is 0 Å². The van der Waals surface area contributed by atoms with Crippen LogP contribution in [-0.2, 0) is 7.05 Å². The third-order valence-electron chi connectivity index (χ3n) is 8.91. The Morgan fingerprint density at radius 1 is 0.944 bits per heavy atom. The monoisotopic (exact) mass is 494 g/mol. The number of hydrogen-bond donors (Lipinski definition) is 0. The Hall–Kier alpha value is -2.65. The molecule has 1 saturated carbocycles. The third kappa shape index (κ3) is 3.62. The average molecular weight is 495 g/mol. The van der Waals surface area contributed by atoms with Gasteiger partial charge in [-0.25, -0.2) is 4.57 Å². The minimum Gasteiger partial charge on any atom is -0.456 e. The number of nitrogens with zero attached hydrogens (tertiary/aromatic N) is 1. The van der Waals surface area contributed by atoms with Crippen LogP contribution in [0.2, 0.25) is 19.6 Å². The second-order valence-corrected chi connectivity index (χ2v) is 18.3. The van der Waals surface area contributed by atoms with Gasteiger partial charge in [-0.2, -0.15) is 0 Å². The first kappa shape index (κ1) is 23.7. The van der Waals surface area contributed by atoms with Crippen LogP contribution >= 0.6 is 0 Å². The Morgan fingerprint density at radius 3 is 2.36 bits per heavy atom. The van der Waals surface area contributed by atoms with Crippen molar-refractivity contribution >= 4 is 34.8 Å². The van der Waals surface area contributed by atoms with Gasteiger partial charge in [0.25, 0.3) is 0 Å². The van der Waals surface area contributed by atoms with Gasteiger partial charge in [0.15, 0.2) is 6.20 Å². The molecule has 1 fully saturated rings. The number of benzene rings is 3. The molecule has 186 valence electrons. The van der Waals surface area contributed by atoms with Crippen molar-refractivity contribution in [2.24, 2.45) is 12.5 Å². The summed E-state index contributed by atoms with van der Waals surface area (Å²) in [5, 5.41) is 6.77. The van der Waals surface area contributed by atoms with Crippen molar-refractivity contribution in [3.8, 4) is 22.8 Å². The summed E-state index contributed by atoms with van der Waals surface area (Å²) in [4.78, 5) is 0. The summed E-state index contributed by atoms with van der Waals surface area (Å²) >= 11 is 0. The molecular weight excluding hydrogens is 454 g/mol. The van der Waals surface area contributed by atoms with Crippen molar-refractivity contribution in [3.05, 3.63) is 59.3 Å². The van der Waals surface area contributed by atoms with E-state index in [4.69, 9.17) is 4.74 Å². The lowest BCUT2D eigenvalue weighted by molar-refractivity contribution is -0.659. The molecule has 6 rings (SSSR count). The zero-order valence-electron chi connectivity index (χ0n) is 23.3. The van der Waals surface area contributed by atoms with Crippen molar-refractivity contribution in [3.63, 3.8) is 0 Å². The molecule has 1 aliphatic heterocycles. The summed E-state index contributed by atoms with van der Waals surface area (Å²) in [6.45, 7) is 16.7. The maximum atomic E-state index is 7.08. The molecule has 0 saturated heterocycles. The Kier molecular flexibility index (Phi) is 5.22. The first-order valence-corrected chi connectivity index (χ1v) is 17.2. The quantitative estimate of drug-likeness (QED) is 0.177. The Labute approximate surface area is 217 Å². The molecule has 3 aromatic carbocycles. The van der Waals surface area contributed by atoms with Gasteiger partial charge in [0, 0.05) is 6.07 Å². The van der Waals surface area contributed by atoms with E-state index in [-0.39, 0.29) is 0 Å². The van der Waals surface area contributed by atoms with E-state index in [0.717, 1.165) is 11.5 Å². The van der Waals surface area contributed by atoms with Gasteiger partial charge in [-0.1, -0.05) is 63.3 Å². The summed E-state index contributed by atoms with van der Waals surface area (Å²) in [5.41, 5.74) is 7.17. The lowest BCUT2D eigenvalue weighted by Crippen LogP contribution is -2.41. The topological polar surface area (TPSA) is 13.1 Å². The SMILES string of the molecule is Cc1ccc2c([Si](C)(C)C)c3c(c(C)c2c1)-c1c2c(cc(C4CCC(C)(C)CC4)cc2cc[n+]1C)O3. The minimum absolute atomic E-state index is 0.473.